The lowest BCUT2D eigenvalue weighted by Gasteiger charge is -2.35. The Hall–Kier alpha value is -2.50. The number of anilines is 1. The Morgan fingerprint density at radius 1 is 1.24 bits per heavy atom. The Balaban J connectivity index is 1.63. The van der Waals surface area contributed by atoms with Gasteiger partial charge in [-0.15, -0.1) is 10.2 Å². The number of aromatic nitrogens is 2. The molecule has 1 unspecified atom stereocenters. The number of piperidine rings is 1. The van der Waals surface area contributed by atoms with Crippen LogP contribution >= 0.6 is 0 Å². The van der Waals surface area contributed by atoms with Crippen LogP contribution in [0.1, 0.15) is 48.7 Å². The van der Waals surface area contributed by atoms with E-state index in [9.17, 15) is 9.18 Å². The molecule has 1 aromatic carbocycles. The minimum Gasteiger partial charge on any atom is -0.352 e. The van der Waals surface area contributed by atoms with Gasteiger partial charge in [-0.3, -0.25) is 4.79 Å². The minimum atomic E-state index is -0.354. The van der Waals surface area contributed by atoms with E-state index < -0.39 is 0 Å². The van der Waals surface area contributed by atoms with Crippen molar-refractivity contribution in [1.29, 1.82) is 0 Å². The third kappa shape index (κ3) is 4.13. The summed E-state index contributed by atoms with van der Waals surface area (Å²) in [4.78, 5) is 14.5. The fourth-order valence-corrected chi connectivity index (χ4v) is 3.23. The third-order valence-electron chi connectivity index (χ3n) is 4.67. The number of halogens is 1. The lowest BCUT2D eigenvalue weighted by atomic mass is 10.0. The number of nitrogens with one attached hydrogen (secondary N) is 1. The van der Waals surface area contributed by atoms with E-state index in [0.29, 0.717) is 11.6 Å². The maximum atomic E-state index is 13.6. The van der Waals surface area contributed by atoms with Crippen LogP contribution < -0.4 is 10.2 Å². The van der Waals surface area contributed by atoms with Gasteiger partial charge in [0.1, 0.15) is 5.82 Å². The smallest absolute Gasteiger partial charge is 0.272 e. The van der Waals surface area contributed by atoms with Crippen molar-refractivity contribution in [3.8, 4) is 0 Å². The van der Waals surface area contributed by atoms with Crippen molar-refractivity contribution in [2.75, 3.05) is 11.4 Å². The van der Waals surface area contributed by atoms with Crippen molar-refractivity contribution >= 4 is 11.7 Å². The van der Waals surface area contributed by atoms with Gasteiger partial charge in [0, 0.05) is 24.7 Å². The Kier molecular flexibility index (Phi) is 5.58. The fraction of sp³-hybridized carbons (Fsp3) is 0.421. The van der Waals surface area contributed by atoms with Gasteiger partial charge in [0.25, 0.3) is 5.91 Å². The SMILES string of the molecule is CCC1CCCCN1c1ccc(C(=O)NCc2ccccc2F)nn1. The molecule has 0 saturated carbocycles. The van der Waals surface area contributed by atoms with Crippen LogP contribution in [-0.2, 0) is 6.54 Å². The summed E-state index contributed by atoms with van der Waals surface area (Å²) in [6.07, 6.45) is 4.65. The van der Waals surface area contributed by atoms with Gasteiger partial charge in [0.15, 0.2) is 11.5 Å². The number of carbonyl (C=O) groups excluding carboxylic acids is 1. The van der Waals surface area contributed by atoms with Gasteiger partial charge in [-0.05, 0) is 43.9 Å². The first-order valence-corrected chi connectivity index (χ1v) is 8.81. The molecule has 0 aliphatic carbocycles. The molecular weight excluding hydrogens is 319 g/mol. The molecule has 0 radical (unpaired) electrons. The Bertz CT molecular complexity index is 720. The maximum Gasteiger partial charge on any atom is 0.272 e. The van der Waals surface area contributed by atoms with Gasteiger partial charge in [0.05, 0.1) is 0 Å². The van der Waals surface area contributed by atoms with Crippen molar-refractivity contribution in [2.24, 2.45) is 0 Å². The zero-order valence-electron chi connectivity index (χ0n) is 14.4. The van der Waals surface area contributed by atoms with Crippen molar-refractivity contribution in [3.05, 3.63) is 53.5 Å². The maximum absolute atomic E-state index is 13.6. The van der Waals surface area contributed by atoms with E-state index in [-0.39, 0.29) is 24.0 Å². The quantitative estimate of drug-likeness (QED) is 0.906. The molecule has 1 amide bonds. The standard InChI is InChI=1S/C19H23FN4O/c1-2-15-8-5-6-12-24(15)18-11-10-17(22-23-18)19(25)21-13-14-7-3-4-9-16(14)20/h3-4,7,9-11,15H,2,5-6,8,12-13H2,1H3,(H,21,25). The lowest BCUT2D eigenvalue weighted by molar-refractivity contribution is 0.0944. The molecule has 2 heterocycles. The van der Waals surface area contributed by atoms with Gasteiger partial charge in [-0.1, -0.05) is 25.1 Å². The molecule has 6 heteroatoms. The summed E-state index contributed by atoms with van der Waals surface area (Å²) in [7, 11) is 0. The number of benzene rings is 1. The monoisotopic (exact) mass is 342 g/mol. The van der Waals surface area contributed by atoms with Gasteiger partial charge >= 0.3 is 0 Å². The summed E-state index contributed by atoms with van der Waals surface area (Å²) in [5.41, 5.74) is 0.685. The Labute approximate surface area is 147 Å². The second kappa shape index (κ2) is 8.05. The number of carbonyl (C=O) groups is 1. The summed E-state index contributed by atoms with van der Waals surface area (Å²) in [6, 6.07) is 10.4. The highest BCUT2D eigenvalue weighted by Crippen LogP contribution is 2.24. The van der Waals surface area contributed by atoms with Crippen LogP contribution in [0.5, 0.6) is 0 Å². The number of hydrogen-bond acceptors (Lipinski definition) is 4. The van der Waals surface area contributed by atoms with E-state index in [4.69, 9.17) is 0 Å². The average Bonchev–Trinajstić information content (AvgIpc) is 2.67. The van der Waals surface area contributed by atoms with Crippen LogP contribution in [0.15, 0.2) is 36.4 Å². The van der Waals surface area contributed by atoms with Crippen LogP contribution in [0.25, 0.3) is 0 Å². The number of nitrogens with zero attached hydrogens (tertiary/aromatic N) is 3. The molecule has 1 aliphatic rings. The second-order valence-corrected chi connectivity index (χ2v) is 6.30. The van der Waals surface area contributed by atoms with E-state index in [1.165, 1.54) is 18.9 Å². The summed E-state index contributed by atoms with van der Waals surface area (Å²) in [5, 5.41) is 11.0. The molecule has 1 aromatic heterocycles. The molecule has 132 valence electrons. The summed E-state index contributed by atoms with van der Waals surface area (Å²) in [6.45, 7) is 3.28. The molecule has 0 spiro atoms. The molecule has 1 fully saturated rings. The Morgan fingerprint density at radius 3 is 2.80 bits per heavy atom. The number of rotatable bonds is 5. The zero-order chi connectivity index (χ0) is 17.6. The van der Waals surface area contributed by atoms with Crippen molar-refractivity contribution < 1.29 is 9.18 Å². The predicted molar refractivity (Wildman–Crippen MR) is 94.9 cm³/mol. The normalized spacial score (nSPS) is 17.4. The van der Waals surface area contributed by atoms with Gasteiger partial charge in [-0.25, -0.2) is 4.39 Å². The summed E-state index contributed by atoms with van der Waals surface area (Å²) in [5.74, 6) is 0.130. The largest absolute Gasteiger partial charge is 0.352 e. The van der Waals surface area contributed by atoms with Crippen molar-refractivity contribution in [1.82, 2.24) is 15.5 Å². The molecule has 3 rings (SSSR count). The zero-order valence-corrected chi connectivity index (χ0v) is 14.4. The average molecular weight is 342 g/mol. The minimum absolute atomic E-state index is 0.124. The van der Waals surface area contributed by atoms with Crippen molar-refractivity contribution in [2.45, 2.75) is 45.2 Å². The second-order valence-electron chi connectivity index (χ2n) is 6.30. The molecule has 2 aromatic rings. The van der Waals surface area contributed by atoms with Crippen LogP contribution in [0.2, 0.25) is 0 Å². The van der Waals surface area contributed by atoms with Crippen LogP contribution in [0.3, 0.4) is 0 Å². The topological polar surface area (TPSA) is 58.1 Å². The summed E-state index contributed by atoms with van der Waals surface area (Å²) >= 11 is 0. The molecule has 25 heavy (non-hydrogen) atoms. The molecule has 1 aliphatic heterocycles. The van der Waals surface area contributed by atoms with E-state index in [2.05, 4.69) is 27.3 Å². The van der Waals surface area contributed by atoms with E-state index in [1.807, 2.05) is 6.07 Å². The van der Waals surface area contributed by atoms with Gasteiger partial charge < -0.3 is 10.2 Å². The van der Waals surface area contributed by atoms with Crippen molar-refractivity contribution in [3.63, 3.8) is 0 Å². The first-order valence-electron chi connectivity index (χ1n) is 8.81. The molecule has 5 nitrogen and oxygen atoms in total. The summed E-state index contributed by atoms with van der Waals surface area (Å²) < 4.78 is 13.6. The van der Waals surface area contributed by atoms with Crippen LogP contribution in [-0.4, -0.2) is 28.7 Å². The molecule has 1 N–H and O–H groups in total. The molecular formula is C19H23FN4O. The highest BCUT2D eigenvalue weighted by Gasteiger charge is 2.22. The highest BCUT2D eigenvalue weighted by atomic mass is 19.1. The fourth-order valence-electron chi connectivity index (χ4n) is 3.23. The molecule has 0 bridgehead atoms. The van der Waals surface area contributed by atoms with Crippen LogP contribution in [0.4, 0.5) is 10.2 Å². The number of hydrogen-bond donors (Lipinski definition) is 1. The first kappa shape index (κ1) is 17.3. The van der Waals surface area contributed by atoms with E-state index in [1.54, 1.807) is 24.3 Å². The molecule has 1 atom stereocenters. The van der Waals surface area contributed by atoms with E-state index in [0.717, 1.165) is 25.2 Å². The molecule has 1 saturated heterocycles. The third-order valence-corrected chi connectivity index (χ3v) is 4.67. The predicted octanol–water partition coefficient (Wildman–Crippen LogP) is 3.31. The number of amides is 1. The van der Waals surface area contributed by atoms with Gasteiger partial charge in [0.2, 0.25) is 0 Å². The highest BCUT2D eigenvalue weighted by molar-refractivity contribution is 5.92. The van der Waals surface area contributed by atoms with Gasteiger partial charge in [-0.2, -0.15) is 0 Å². The first-order chi connectivity index (χ1) is 12.2. The van der Waals surface area contributed by atoms with Crippen LogP contribution in [0, 0.1) is 5.82 Å². The lowest BCUT2D eigenvalue weighted by Crippen LogP contribution is -2.39. The Morgan fingerprint density at radius 2 is 2.08 bits per heavy atom. The van der Waals surface area contributed by atoms with E-state index >= 15 is 0 Å².